The lowest BCUT2D eigenvalue weighted by Gasteiger charge is -2.25. The summed E-state index contributed by atoms with van der Waals surface area (Å²) < 4.78 is 61.4. The Morgan fingerprint density at radius 3 is 2.44 bits per heavy atom. The normalized spacial score (nSPS) is 13.1. The molecule has 0 aliphatic carbocycles. The number of nitriles is 1. The number of halogens is 2. The molecule has 0 saturated carbocycles. The first-order valence-corrected chi connectivity index (χ1v) is 12.8. The molecular weight excluding hydrogens is 488 g/mol. The maximum atomic E-state index is 13.7. The smallest absolute Gasteiger partial charge is 0.240 e. The average Bonchev–Trinajstić information content (AvgIpc) is 2.83. The maximum Gasteiger partial charge on any atom is 0.240 e. The zero-order valence-corrected chi connectivity index (χ0v) is 20.4. The number of aliphatic hydroxyl groups is 1. The van der Waals surface area contributed by atoms with Crippen molar-refractivity contribution in [3.63, 3.8) is 0 Å². The van der Waals surface area contributed by atoms with E-state index in [-0.39, 0.29) is 29.0 Å². The molecule has 190 valence electrons. The number of hydrogen-bond acceptors (Lipinski definition) is 6. The van der Waals surface area contributed by atoms with Gasteiger partial charge in [-0.1, -0.05) is 18.2 Å². The van der Waals surface area contributed by atoms with Crippen LogP contribution in [-0.2, 0) is 23.0 Å². The van der Waals surface area contributed by atoms with Gasteiger partial charge in [0.1, 0.15) is 17.4 Å². The van der Waals surface area contributed by atoms with E-state index in [0.29, 0.717) is 25.0 Å². The van der Waals surface area contributed by atoms with E-state index in [2.05, 4.69) is 10.0 Å². The molecule has 0 heterocycles. The quantitative estimate of drug-likeness (QED) is 0.341. The van der Waals surface area contributed by atoms with Crippen molar-refractivity contribution in [2.24, 2.45) is 0 Å². The first kappa shape index (κ1) is 27.2. The molecule has 3 aromatic rings. The van der Waals surface area contributed by atoms with Crippen LogP contribution in [0, 0.1) is 23.0 Å². The predicted molar refractivity (Wildman–Crippen MR) is 131 cm³/mol. The van der Waals surface area contributed by atoms with Crippen LogP contribution in [0.5, 0.6) is 5.75 Å². The molecule has 3 rings (SSSR count). The second-order valence-electron chi connectivity index (χ2n) is 8.13. The molecule has 3 N–H and O–H groups in total. The minimum absolute atomic E-state index is 0.0118. The zero-order valence-electron chi connectivity index (χ0n) is 19.6. The Morgan fingerprint density at radius 1 is 1.03 bits per heavy atom. The number of benzene rings is 3. The first-order chi connectivity index (χ1) is 17.2. The summed E-state index contributed by atoms with van der Waals surface area (Å²) in [5.74, 6) is -0.916. The van der Waals surface area contributed by atoms with E-state index >= 15 is 0 Å². The SMILES string of the molecule is CCOc1cccc(CNCC(O)C(Cc2cc(F)cc(F)c2)NS(=O)(=O)c2cccc(C#N)c2)c1. The molecule has 0 saturated heterocycles. The Kier molecular flexibility index (Phi) is 9.50. The van der Waals surface area contributed by atoms with Gasteiger partial charge in [-0.3, -0.25) is 0 Å². The topological polar surface area (TPSA) is 111 Å². The van der Waals surface area contributed by atoms with Crippen molar-refractivity contribution >= 4 is 10.0 Å². The fourth-order valence-corrected chi connectivity index (χ4v) is 4.97. The molecule has 10 heteroatoms. The minimum atomic E-state index is -4.16. The summed E-state index contributed by atoms with van der Waals surface area (Å²) in [6.07, 6.45) is -1.42. The highest BCUT2D eigenvalue weighted by molar-refractivity contribution is 7.89. The molecular formula is C26H27F2N3O4S. The fraction of sp³-hybridized carbons (Fsp3) is 0.269. The third kappa shape index (κ3) is 7.83. The van der Waals surface area contributed by atoms with Gasteiger partial charge in [-0.2, -0.15) is 5.26 Å². The molecule has 0 spiro atoms. The van der Waals surface area contributed by atoms with Crippen molar-refractivity contribution in [2.45, 2.75) is 36.9 Å². The summed E-state index contributed by atoms with van der Waals surface area (Å²) in [4.78, 5) is -0.162. The number of sulfonamides is 1. The van der Waals surface area contributed by atoms with Gasteiger partial charge in [0.25, 0.3) is 0 Å². The van der Waals surface area contributed by atoms with Crippen LogP contribution in [0.25, 0.3) is 0 Å². The van der Waals surface area contributed by atoms with Crippen molar-refractivity contribution in [3.05, 3.63) is 95.1 Å². The zero-order chi connectivity index (χ0) is 26.1. The van der Waals surface area contributed by atoms with Gasteiger partial charge < -0.3 is 15.2 Å². The van der Waals surface area contributed by atoms with E-state index in [1.54, 1.807) is 0 Å². The summed E-state index contributed by atoms with van der Waals surface area (Å²) in [5.41, 5.74) is 1.22. The molecule has 0 fully saturated rings. The van der Waals surface area contributed by atoms with Crippen LogP contribution < -0.4 is 14.8 Å². The molecule has 7 nitrogen and oxygen atoms in total. The number of nitrogens with zero attached hydrogens (tertiary/aromatic N) is 1. The monoisotopic (exact) mass is 515 g/mol. The highest BCUT2D eigenvalue weighted by atomic mass is 32.2. The molecule has 0 aromatic heterocycles. The van der Waals surface area contributed by atoms with Gasteiger partial charge >= 0.3 is 0 Å². The Bertz CT molecular complexity index is 1310. The van der Waals surface area contributed by atoms with Gasteiger partial charge in [0, 0.05) is 19.2 Å². The van der Waals surface area contributed by atoms with E-state index in [0.717, 1.165) is 17.7 Å². The Morgan fingerprint density at radius 2 is 1.75 bits per heavy atom. The van der Waals surface area contributed by atoms with E-state index in [1.165, 1.54) is 24.3 Å². The van der Waals surface area contributed by atoms with E-state index < -0.39 is 33.8 Å². The minimum Gasteiger partial charge on any atom is -0.494 e. The van der Waals surface area contributed by atoms with Gasteiger partial charge in [-0.05, 0) is 66.9 Å². The molecule has 0 bridgehead atoms. The second kappa shape index (κ2) is 12.6. The van der Waals surface area contributed by atoms with Crippen molar-refractivity contribution < 1.29 is 27.0 Å². The molecule has 36 heavy (non-hydrogen) atoms. The number of nitrogens with one attached hydrogen (secondary N) is 2. The summed E-state index contributed by atoms with van der Waals surface area (Å²) in [7, 11) is -4.16. The number of rotatable bonds is 12. The van der Waals surface area contributed by atoms with E-state index in [1.807, 2.05) is 37.3 Å². The van der Waals surface area contributed by atoms with Crippen LogP contribution in [0.4, 0.5) is 8.78 Å². The molecule has 0 radical (unpaired) electrons. The summed E-state index contributed by atoms with van der Waals surface area (Å²) in [6.45, 7) is 2.76. The Labute approximate surface area is 209 Å². The lowest BCUT2D eigenvalue weighted by atomic mass is 10.0. The van der Waals surface area contributed by atoms with Gasteiger partial charge in [-0.25, -0.2) is 21.9 Å². The van der Waals surface area contributed by atoms with Gasteiger partial charge in [0.15, 0.2) is 0 Å². The number of ether oxygens (including phenoxy) is 1. The van der Waals surface area contributed by atoms with Crippen LogP contribution in [0.15, 0.2) is 71.6 Å². The molecule has 3 aromatic carbocycles. The van der Waals surface area contributed by atoms with Gasteiger partial charge in [0.2, 0.25) is 10.0 Å². The van der Waals surface area contributed by atoms with Gasteiger partial charge in [0.05, 0.1) is 35.3 Å². The number of hydrogen-bond donors (Lipinski definition) is 3. The Balaban J connectivity index is 1.77. The second-order valence-corrected chi connectivity index (χ2v) is 9.84. The summed E-state index contributed by atoms with van der Waals surface area (Å²) in [5, 5.41) is 23.0. The maximum absolute atomic E-state index is 13.7. The van der Waals surface area contributed by atoms with E-state index in [4.69, 9.17) is 10.00 Å². The van der Waals surface area contributed by atoms with Crippen LogP contribution in [0.2, 0.25) is 0 Å². The van der Waals surface area contributed by atoms with Crippen LogP contribution in [0.1, 0.15) is 23.6 Å². The third-order valence-electron chi connectivity index (χ3n) is 5.31. The lowest BCUT2D eigenvalue weighted by molar-refractivity contribution is 0.134. The van der Waals surface area contributed by atoms with Crippen LogP contribution in [-0.4, -0.2) is 38.8 Å². The highest BCUT2D eigenvalue weighted by Crippen LogP contribution is 2.17. The molecule has 2 atom stereocenters. The first-order valence-electron chi connectivity index (χ1n) is 11.3. The molecule has 0 aliphatic rings. The predicted octanol–water partition coefficient (Wildman–Crippen LogP) is 3.28. The van der Waals surface area contributed by atoms with Crippen molar-refractivity contribution in [1.29, 1.82) is 5.26 Å². The molecule has 0 amide bonds. The van der Waals surface area contributed by atoms with Crippen molar-refractivity contribution in [3.8, 4) is 11.8 Å². The summed E-state index contributed by atoms with van der Waals surface area (Å²) in [6, 6.07) is 16.4. The van der Waals surface area contributed by atoms with Crippen molar-refractivity contribution in [2.75, 3.05) is 13.2 Å². The standard InChI is InChI=1S/C26H27F2N3O4S/c1-2-35-23-7-3-6-19(11-23)16-30-17-26(32)25(13-20-9-21(27)14-22(28)10-20)31-36(33,34)24-8-4-5-18(12-24)15-29/h3-12,14,25-26,30-32H,2,13,16-17H2,1H3. The average molecular weight is 516 g/mol. The molecule has 2 unspecified atom stereocenters. The summed E-state index contributed by atoms with van der Waals surface area (Å²) >= 11 is 0. The lowest BCUT2D eigenvalue weighted by Crippen LogP contribution is -2.48. The third-order valence-corrected chi connectivity index (χ3v) is 6.80. The van der Waals surface area contributed by atoms with E-state index in [9.17, 15) is 22.3 Å². The fourth-order valence-electron chi connectivity index (χ4n) is 3.66. The van der Waals surface area contributed by atoms with Gasteiger partial charge in [-0.15, -0.1) is 0 Å². The number of aliphatic hydroxyl groups excluding tert-OH is 1. The highest BCUT2D eigenvalue weighted by Gasteiger charge is 2.27. The Hall–Kier alpha value is -3.36. The molecule has 0 aliphatic heterocycles. The van der Waals surface area contributed by atoms with Crippen LogP contribution in [0.3, 0.4) is 0 Å². The largest absolute Gasteiger partial charge is 0.494 e. The van der Waals surface area contributed by atoms with Crippen LogP contribution >= 0.6 is 0 Å². The van der Waals surface area contributed by atoms with Crippen molar-refractivity contribution in [1.82, 2.24) is 10.0 Å².